The van der Waals surface area contributed by atoms with Crippen molar-refractivity contribution in [1.82, 2.24) is 10.2 Å². The van der Waals surface area contributed by atoms with Gasteiger partial charge in [0.25, 0.3) is 5.91 Å². The smallest absolute Gasteiger partial charge is 0.338 e. The minimum atomic E-state index is -5.31. The Labute approximate surface area is 239 Å². The Balaban J connectivity index is 1.96. The SMILES string of the molecule is CN(CC(F)(F)F)C(=O)C1(NC(=O)c2ccc(C(F)=CC(c3cc(Cl)cc(Br)c3)C(F)(F)F)cc2C(F)(F)F)CC1. The Morgan fingerprint density at radius 2 is 1.66 bits per heavy atom. The van der Waals surface area contributed by atoms with Crippen molar-refractivity contribution >= 4 is 45.2 Å². The van der Waals surface area contributed by atoms with Crippen LogP contribution in [0.25, 0.3) is 5.83 Å². The van der Waals surface area contributed by atoms with E-state index in [1.54, 1.807) is 0 Å². The highest BCUT2D eigenvalue weighted by Gasteiger charge is 2.54. The maximum atomic E-state index is 15.0. The van der Waals surface area contributed by atoms with Crippen molar-refractivity contribution in [3.63, 3.8) is 0 Å². The summed E-state index contributed by atoms with van der Waals surface area (Å²) in [6.45, 7) is -1.66. The molecule has 0 aliphatic heterocycles. The molecule has 1 aliphatic carbocycles. The van der Waals surface area contributed by atoms with E-state index >= 15 is 4.39 Å². The Kier molecular flexibility index (Phi) is 9.14. The molecule has 1 unspecified atom stereocenters. The van der Waals surface area contributed by atoms with Crippen molar-refractivity contribution in [3.8, 4) is 0 Å². The number of rotatable bonds is 7. The topological polar surface area (TPSA) is 49.4 Å². The molecule has 1 saturated carbocycles. The molecule has 0 saturated heterocycles. The van der Waals surface area contributed by atoms with Gasteiger partial charge in [0.15, 0.2) is 0 Å². The van der Waals surface area contributed by atoms with Crippen LogP contribution in [0.4, 0.5) is 43.9 Å². The standard InChI is InChI=1S/C25H18BrClF10N2O2/c1-39(11-23(29,30)31)21(41)22(4-5-22)38-20(40)16-3-2-12(8-18(16)25(35,36)37)19(28)10-17(24(32,33)34)13-6-14(26)9-15(27)7-13/h2-3,6-10,17H,4-5,11H2,1H3,(H,38,40). The highest BCUT2D eigenvalue weighted by atomic mass is 79.9. The van der Waals surface area contributed by atoms with Gasteiger partial charge in [-0.05, 0) is 54.8 Å². The van der Waals surface area contributed by atoms with Gasteiger partial charge < -0.3 is 10.2 Å². The quantitative estimate of drug-likeness (QED) is 0.301. The lowest BCUT2D eigenvalue weighted by Crippen LogP contribution is -2.51. The second-order valence-corrected chi connectivity index (χ2v) is 10.7. The number of alkyl halides is 9. The first kappa shape index (κ1) is 32.7. The summed E-state index contributed by atoms with van der Waals surface area (Å²) < 4.78 is 136. The van der Waals surface area contributed by atoms with E-state index in [4.69, 9.17) is 11.6 Å². The van der Waals surface area contributed by atoms with Crippen molar-refractivity contribution in [2.45, 2.75) is 42.8 Å². The molecule has 2 amide bonds. The van der Waals surface area contributed by atoms with Crippen molar-refractivity contribution < 1.29 is 53.5 Å². The van der Waals surface area contributed by atoms with E-state index < -0.39 is 76.4 Å². The monoisotopic (exact) mass is 682 g/mol. The summed E-state index contributed by atoms with van der Waals surface area (Å²) in [6.07, 6.45) is -15.4. The van der Waals surface area contributed by atoms with E-state index in [0.29, 0.717) is 12.1 Å². The summed E-state index contributed by atoms with van der Waals surface area (Å²) in [7, 11) is 0.809. The van der Waals surface area contributed by atoms with Gasteiger partial charge in [0.1, 0.15) is 23.8 Å². The molecule has 0 aromatic heterocycles. The number of allylic oxidation sites excluding steroid dienone is 1. The average Bonchev–Trinajstić information content (AvgIpc) is 3.58. The van der Waals surface area contributed by atoms with Crippen LogP contribution in [0.2, 0.25) is 5.02 Å². The Morgan fingerprint density at radius 1 is 1.05 bits per heavy atom. The number of nitrogens with one attached hydrogen (secondary N) is 1. The lowest BCUT2D eigenvalue weighted by molar-refractivity contribution is -0.160. The Morgan fingerprint density at radius 3 is 2.15 bits per heavy atom. The van der Waals surface area contributed by atoms with E-state index in [1.165, 1.54) is 6.07 Å². The van der Waals surface area contributed by atoms with Gasteiger partial charge in [-0.2, -0.15) is 39.5 Å². The number of nitrogens with zero attached hydrogens (tertiary/aromatic N) is 1. The number of likely N-dealkylation sites (N-methyl/N-ethyl adjacent to an activating group) is 1. The van der Waals surface area contributed by atoms with Crippen molar-refractivity contribution in [3.05, 3.63) is 74.2 Å². The van der Waals surface area contributed by atoms with Crippen LogP contribution in [0, 0.1) is 0 Å². The van der Waals surface area contributed by atoms with Crippen LogP contribution in [0.3, 0.4) is 0 Å². The minimum Gasteiger partial charge on any atom is -0.338 e. The molecule has 4 nitrogen and oxygen atoms in total. The first-order valence-corrected chi connectivity index (χ1v) is 12.6. The number of benzene rings is 2. The molecule has 16 heteroatoms. The molecule has 1 atom stereocenters. The maximum Gasteiger partial charge on any atom is 0.417 e. The number of halogens is 12. The zero-order chi connectivity index (χ0) is 31.1. The fraction of sp³-hybridized carbons (Fsp3) is 0.360. The van der Waals surface area contributed by atoms with Gasteiger partial charge in [-0.3, -0.25) is 9.59 Å². The molecule has 224 valence electrons. The zero-order valence-electron chi connectivity index (χ0n) is 20.5. The zero-order valence-corrected chi connectivity index (χ0v) is 22.9. The molecule has 41 heavy (non-hydrogen) atoms. The predicted molar refractivity (Wildman–Crippen MR) is 132 cm³/mol. The van der Waals surface area contributed by atoms with Gasteiger partial charge in [-0.25, -0.2) is 4.39 Å². The van der Waals surface area contributed by atoms with Gasteiger partial charge in [0.05, 0.1) is 11.1 Å². The van der Waals surface area contributed by atoms with Crippen LogP contribution < -0.4 is 5.32 Å². The molecular weight excluding hydrogens is 666 g/mol. The fourth-order valence-corrected chi connectivity index (χ4v) is 4.90. The van der Waals surface area contributed by atoms with Crippen LogP contribution >= 0.6 is 27.5 Å². The third-order valence-electron chi connectivity index (χ3n) is 6.03. The Bertz CT molecular complexity index is 1350. The van der Waals surface area contributed by atoms with Gasteiger partial charge >= 0.3 is 18.5 Å². The first-order valence-electron chi connectivity index (χ1n) is 11.4. The van der Waals surface area contributed by atoms with Crippen molar-refractivity contribution in [1.29, 1.82) is 0 Å². The number of hydrogen-bond donors (Lipinski definition) is 1. The van der Waals surface area contributed by atoms with Crippen LogP contribution in [-0.2, 0) is 11.0 Å². The highest BCUT2D eigenvalue weighted by molar-refractivity contribution is 9.10. The van der Waals surface area contributed by atoms with Gasteiger partial charge in [-0.1, -0.05) is 33.6 Å². The number of carbonyl (C=O) groups excluding carboxylic acids is 2. The highest BCUT2D eigenvalue weighted by Crippen LogP contribution is 2.42. The number of carbonyl (C=O) groups is 2. The summed E-state index contributed by atoms with van der Waals surface area (Å²) in [4.78, 5) is 25.5. The molecule has 1 fully saturated rings. The van der Waals surface area contributed by atoms with Crippen LogP contribution in [0.5, 0.6) is 0 Å². The van der Waals surface area contributed by atoms with Crippen molar-refractivity contribution in [2.24, 2.45) is 0 Å². The summed E-state index contributed by atoms with van der Waals surface area (Å²) in [5, 5.41) is 1.90. The molecule has 1 N–H and O–H groups in total. The summed E-state index contributed by atoms with van der Waals surface area (Å²) in [5.74, 6) is -6.96. The van der Waals surface area contributed by atoms with Gasteiger partial charge in [-0.15, -0.1) is 0 Å². The molecule has 2 aromatic rings. The number of amides is 2. The van der Waals surface area contributed by atoms with Crippen LogP contribution in [-0.4, -0.2) is 48.2 Å². The molecule has 2 aromatic carbocycles. The van der Waals surface area contributed by atoms with Crippen LogP contribution in [0.15, 0.2) is 46.9 Å². The summed E-state index contributed by atoms with van der Waals surface area (Å²) >= 11 is 8.75. The van der Waals surface area contributed by atoms with E-state index in [9.17, 15) is 49.1 Å². The molecule has 0 bridgehead atoms. The summed E-state index contributed by atoms with van der Waals surface area (Å²) in [6, 6.07) is 4.44. The Hall–Kier alpha value is -2.81. The van der Waals surface area contributed by atoms with Crippen molar-refractivity contribution in [2.75, 3.05) is 13.6 Å². The fourth-order valence-electron chi connectivity index (χ4n) is 4.01. The first-order chi connectivity index (χ1) is 18.6. The third kappa shape index (κ3) is 8.15. The average molecular weight is 684 g/mol. The van der Waals surface area contributed by atoms with E-state index in [2.05, 4.69) is 15.9 Å². The van der Waals surface area contributed by atoms with E-state index in [1.807, 2.05) is 5.32 Å². The second kappa shape index (κ2) is 11.5. The third-order valence-corrected chi connectivity index (χ3v) is 6.71. The molecule has 3 rings (SSSR count). The second-order valence-electron chi connectivity index (χ2n) is 9.31. The van der Waals surface area contributed by atoms with E-state index in [-0.39, 0.29) is 39.4 Å². The largest absolute Gasteiger partial charge is 0.417 e. The molecule has 1 aliphatic rings. The normalized spacial score (nSPS) is 16.3. The maximum absolute atomic E-state index is 15.0. The summed E-state index contributed by atoms with van der Waals surface area (Å²) in [5.41, 5.74) is -6.16. The van der Waals surface area contributed by atoms with Crippen LogP contribution in [0.1, 0.15) is 45.8 Å². The minimum absolute atomic E-state index is 0.0572. The molecule has 0 radical (unpaired) electrons. The lowest BCUT2D eigenvalue weighted by Gasteiger charge is -2.25. The molecule has 0 spiro atoms. The van der Waals surface area contributed by atoms with Gasteiger partial charge in [0.2, 0.25) is 5.91 Å². The lowest BCUT2D eigenvalue weighted by atomic mass is 9.95. The number of hydrogen-bond acceptors (Lipinski definition) is 2. The van der Waals surface area contributed by atoms with Gasteiger partial charge in [0, 0.05) is 22.1 Å². The molecule has 0 heterocycles. The molecular formula is C25H18BrClF10N2O2. The van der Waals surface area contributed by atoms with E-state index in [0.717, 1.165) is 19.2 Å². The predicted octanol–water partition coefficient (Wildman–Crippen LogP) is 8.06.